The molecule has 5 heteroatoms. The van der Waals surface area contributed by atoms with Crippen molar-refractivity contribution in [3.05, 3.63) is 66.0 Å². The molecule has 0 bridgehead atoms. The van der Waals surface area contributed by atoms with Crippen molar-refractivity contribution in [2.45, 2.75) is 7.43 Å². The van der Waals surface area contributed by atoms with E-state index in [1.165, 1.54) is 12.1 Å². The Kier molecular flexibility index (Phi) is 6.26. The highest BCUT2D eigenvalue weighted by atomic mass is 19.1. The van der Waals surface area contributed by atoms with Gasteiger partial charge in [-0.1, -0.05) is 31.7 Å². The molecule has 0 saturated carbocycles. The molecule has 1 heterocycles. The molecule has 28 heavy (non-hydrogen) atoms. The van der Waals surface area contributed by atoms with Crippen LogP contribution in [-0.2, 0) is 4.74 Å². The number of hydrogen-bond donors (Lipinski definition) is 1. The highest BCUT2D eigenvalue weighted by molar-refractivity contribution is 6.06. The monoisotopic (exact) mass is 380 g/mol. The first-order chi connectivity index (χ1) is 13.2. The van der Waals surface area contributed by atoms with E-state index in [9.17, 15) is 4.39 Å². The maximum Gasteiger partial charge on any atom is 0.132 e. The number of benzene rings is 3. The van der Waals surface area contributed by atoms with Crippen molar-refractivity contribution in [2.75, 3.05) is 33.4 Å². The predicted octanol–water partition coefficient (Wildman–Crippen LogP) is 4.66. The molecule has 0 radical (unpaired) electrons. The summed E-state index contributed by atoms with van der Waals surface area (Å²) in [7, 11) is 1.66. The summed E-state index contributed by atoms with van der Waals surface area (Å²) in [5.41, 5.74) is 2.98. The molecule has 0 amide bonds. The van der Waals surface area contributed by atoms with Gasteiger partial charge in [0, 0.05) is 13.7 Å². The van der Waals surface area contributed by atoms with Gasteiger partial charge < -0.3 is 14.8 Å². The van der Waals surface area contributed by atoms with E-state index in [2.05, 4.69) is 28.5 Å². The van der Waals surface area contributed by atoms with E-state index in [0.717, 1.165) is 52.1 Å². The van der Waals surface area contributed by atoms with Crippen molar-refractivity contribution in [1.82, 2.24) is 5.32 Å². The van der Waals surface area contributed by atoms with Crippen molar-refractivity contribution in [1.29, 1.82) is 0 Å². The van der Waals surface area contributed by atoms with Crippen LogP contribution < -0.4 is 10.1 Å². The molecule has 1 aliphatic rings. The number of fused-ring (bicyclic) bond motifs is 1. The zero-order valence-electron chi connectivity index (χ0n) is 15.2. The van der Waals surface area contributed by atoms with Crippen molar-refractivity contribution in [3.63, 3.8) is 0 Å². The number of ether oxygens (including phenoxy) is 2. The van der Waals surface area contributed by atoms with E-state index < -0.39 is 0 Å². The number of aliphatic imine (C=N–C) groups is 1. The first-order valence-corrected chi connectivity index (χ1v) is 8.99. The lowest BCUT2D eigenvalue weighted by molar-refractivity contribution is 0.146. The quantitative estimate of drug-likeness (QED) is 0.633. The largest absolute Gasteiger partial charge is 0.490 e. The predicted molar refractivity (Wildman–Crippen MR) is 113 cm³/mol. The Morgan fingerprint density at radius 2 is 1.75 bits per heavy atom. The molecule has 4 nitrogen and oxygen atoms in total. The van der Waals surface area contributed by atoms with Crippen LogP contribution in [0.4, 0.5) is 4.39 Å². The van der Waals surface area contributed by atoms with Crippen molar-refractivity contribution >= 4 is 16.6 Å². The summed E-state index contributed by atoms with van der Waals surface area (Å²) >= 11 is 0. The minimum absolute atomic E-state index is 0. The fourth-order valence-electron chi connectivity index (χ4n) is 3.22. The van der Waals surface area contributed by atoms with E-state index in [1.54, 1.807) is 19.2 Å². The van der Waals surface area contributed by atoms with Gasteiger partial charge in [0.25, 0.3) is 0 Å². The van der Waals surface area contributed by atoms with Gasteiger partial charge in [0.15, 0.2) is 0 Å². The minimum Gasteiger partial charge on any atom is -0.490 e. The van der Waals surface area contributed by atoms with Crippen molar-refractivity contribution in [3.8, 4) is 16.9 Å². The summed E-state index contributed by atoms with van der Waals surface area (Å²) in [6.45, 7) is 2.61. The van der Waals surface area contributed by atoms with Crippen LogP contribution in [0.5, 0.6) is 5.75 Å². The van der Waals surface area contributed by atoms with Crippen LogP contribution in [0, 0.1) is 5.82 Å². The van der Waals surface area contributed by atoms with Crippen LogP contribution >= 0.6 is 0 Å². The molecule has 3 aromatic carbocycles. The topological polar surface area (TPSA) is 42.9 Å². The molecule has 0 unspecified atom stereocenters. The molecular formula is C23H25FN2O2. The summed E-state index contributed by atoms with van der Waals surface area (Å²) in [6.07, 6.45) is 0. The number of rotatable bonds is 6. The number of methoxy groups -OCH3 is 1. The highest BCUT2D eigenvalue weighted by Crippen LogP contribution is 2.30. The van der Waals surface area contributed by atoms with Gasteiger partial charge in [0.1, 0.15) is 24.0 Å². The van der Waals surface area contributed by atoms with Crippen LogP contribution in [-0.4, -0.2) is 39.2 Å². The van der Waals surface area contributed by atoms with E-state index in [0.29, 0.717) is 13.2 Å². The maximum absolute atomic E-state index is 13.2. The molecule has 1 N–H and O–H groups in total. The minimum atomic E-state index is -0.231. The molecule has 0 spiro atoms. The Morgan fingerprint density at radius 3 is 2.46 bits per heavy atom. The Bertz CT molecular complexity index is 984. The van der Waals surface area contributed by atoms with E-state index >= 15 is 0 Å². The van der Waals surface area contributed by atoms with E-state index in [4.69, 9.17) is 9.47 Å². The molecule has 0 atom stereocenters. The summed E-state index contributed by atoms with van der Waals surface area (Å²) in [5.74, 6) is 1.42. The Labute approximate surface area is 165 Å². The summed E-state index contributed by atoms with van der Waals surface area (Å²) in [5, 5.41) is 5.48. The molecular weight excluding hydrogens is 355 g/mol. The summed E-state index contributed by atoms with van der Waals surface area (Å²) in [4.78, 5) is 4.54. The lowest BCUT2D eigenvalue weighted by Gasteiger charge is -2.14. The smallest absolute Gasteiger partial charge is 0.132 e. The highest BCUT2D eigenvalue weighted by Gasteiger charge is 2.15. The van der Waals surface area contributed by atoms with Crippen LogP contribution in [0.2, 0.25) is 0 Å². The second-order valence-electron chi connectivity index (χ2n) is 6.42. The molecule has 0 fully saturated rings. The van der Waals surface area contributed by atoms with Crippen LogP contribution in [0.3, 0.4) is 0 Å². The lowest BCUT2D eigenvalue weighted by atomic mass is 9.99. The third-order valence-electron chi connectivity index (χ3n) is 4.59. The van der Waals surface area contributed by atoms with Gasteiger partial charge in [-0.2, -0.15) is 0 Å². The second kappa shape index (κ2) is 8.85. The number of halogens is 1. The van der Waals surface area contributed by atoms with Crippen LogP contribution in [0.1, 0.15) is 13.0 Å². The van der Waals surface area contributed by atoms with E-state index in [-0.39, 0.29) is 13.2 Å². The van der Waals surface area contributed by atoms with Crippen molar-refractivity contribution in [2.24, 2.45) is 4.99 Å². The number of nitrogens with one attached hydrogen (secondary N) is 1. The first-order valence-electron chi connectivity index (χ1n) is 8.99. The molecule has 4 rings (SSSR count). The molecule has 0 aromatic heterocycles. The average molecular weight is 380 g/mol. The van der Waals surface area contributed by atoms with Crippen molar-refractivity contribution < 1.29 is 13.9 Å². The molecule has 0 aliphatic carbocycles. The second-order valence-corrected chi connectivity index (χ2v) is 6.42. The standard InChI is InChI=1S/C22H21FN2O2.CH4/c1-26-10-11-27-21-14-17-3-2-16(15-4-6-19(23)7-5-15)12-18(17)13-20(21)22-24-8-9-25-22;/h2-7,12-14H,8-11H2,1H3,(H,24,25);1H4. The number of nitrogens with zero attached hydrogens (tertiary/aromatic N) is 1. The van der Waals surface area contributed by atoms with E-state index in [1.807, 2.05) is 12.1 Å². The molecule has 146 valence electrons. The number of amidine groups is 1. The summed E-state index contributed by atoms with van der Waals surface area (Å²) in [6, 6.07) is 16.9. The third kappa shape index (κ3) is 4.15. The fourth-order valence-corrected chi connectivity index (χ4v) is 3.22. The fraction of sp³-hybridized carbons (Fsp3) is 0.261. The van der Waals surface area contributed by atoms with Gasteiger partial charge in [-0.25, -0.2) is 4.39 Å². The third-order valence-corrected chi connectivity index (χ3v) is 4.59. The number of hydrogen-bond acceptors (Lipinski definition) is 4. The van der Waals surface area contributed by atoms with Gasteiger partial charge in [0.2, 0.25) is 0 Å². The van der Waals surface area contributed by atoms with Crippen LogP contribution in [0.15, 0.2) is 59.6 Å². The maximum atomic E-state index is 13.2. The molecule has 3 aromatic rings. The van der Waals surface area contributed by atoms with Gasteiger partial charge >= 0.3 is 0 Å². The molecule has 0 saturated heterocycles. The average Bonchev–Trinajstić information content (AvgIpc) is 3.22. The van der Waals surface area contributed by atoms with Gasteiger partial charge in [-0.15, -0.1) is 0 Å². The Morgan fingerprint density at radius 1 is 0.964 bits per heavy atom. The Balaban J connectivity index is 0.00000225. The van der Waals surface area contributed by atoms with Gasteiger partial charge in [0.05, 0.1) is 18.7 Å². The molecule has 1 aliphatic heterocycles. The Hall–Kier alpha value is -2.92. The van der Waals surface area contributed by atoms with Gasteiger partial charge in [-0.3, -0.25) is 4.99 Å². The van der Waals surface area contributed by atoms with Crippen LogP contribution in [0.25, 0.3) is 21.9 Å². The normalized spacial score (nSPS) is 13.0. The zero-order chi connectivity index (χ0) is 18.6. The SMILES string of the molecule is C.COCCOc1cc2ccc(-c3ccc(F)cc3)cc2cc1C1=NCCN1. The zero-order valence-corrected chi connectivity index (χ0v) is 15.2. The van der Waals surface area contributed by atoms with Gasteiger partial charge in [-0.05, 0) is 52.2 Å². The summed E-state index contributed by atoms with van der Waals surface area (Å²) < 4.78 is 24.2. The first kappa shape index (κ1) is 19.8. The lowest BCUT2D eigenvalue weighted by Crippen LogP contribution is -2.20.